The number of benzene rings is 1. The van der Waals surface area contributed by atoms with Crippen LogP contribution in [-0.2, 0) is 9.47 Å². The monoisotopic (exact) mass is 457 g/mol. The summed E-state index contributed by atoms with van der Waals surface area (Å²) in [5, 5.41) is 0.344. The standard InChI is InChI=1S/C15H11Cl4NO5S/c1-2-23-14(21)7-5-8(16)11(9(17)6-7)24-3-4-25-15(22)12-10(18)13(19)20-26-12/h5-6H,2-4H2,1H3. The number of carbonyl (C=O) groups is 2. The zero-order chi connectivity index (χ0) is 19.3. The van der Waals surface area contributed by atoms with E-state index in [4.69, 9.17) is 60.6 Å². The predicted molar refractivity (Wildman–Crippen MR) is 100 cm³/mol. The summed E-state index contributed by atoms with van der Waals surface area (Å²) in [5.74, 6) is -1.05. The topological polar surface area (TPSA) is 74.7 Å². The van der Waals surface area contributed by atoms with E-state index in [0.717, 1.165) is 11.5 Å². The van der Waals surface area contributed by atoms with Gasteiger partial charge in [0.2, 0.25) is 0 Å². The first-order valence-electron chi connectivity index (χ1n) is 7.11. The summed E-state index contributed by atoms with van der Waals surface area (Å²) >= 11 is 24.5. The third-order valence-electron chi connectivity index (χ3n) is 2.86. The number of nitrogens with zero attached hydrogens (tertiary/aromatic N) is 1. The molecule has 0 aliphatic rings. The minimum atomic E-state index is -0.669. The van der Waals surface area contributed by atoms with Crippen molar-refractivity contribution in [3.05, 3.63) is 42.8 Å². The average molecular weight is 459 g/mol. The van der Waals surface area contributed by atoms with Crippen LogP contribution in [0.25, 0.3) is 0 Å². The van der Waals surface area contributed by atoms with Gasteiger partial charge in [0.1, 0.15) is 18.2 Å². The number of rotatable bonds is 7. The first kappa shape index (κ1) is 21.1. The van der Waals surface area contributed by atoms with Gasteiger partial charge in [0, 0.05) is 0 Å². The average Bonchev–Trinajstić information content (AvgIpc) is 2.92. The lowest BCUT2D eigenvalue weighted by molar-refractivity contribution is 0.0454. The fourth-order valence-corrected chi connectivity index (χ4v) is 3.46. The van der Waals surface area contributed by atoms with E-state index in [2.05, 4.69) is 4.37 Å². The van der Waals surface area contributed by atoms with Crippen molar-refractivity contribution in [2.45, 2.75) is 6.92 Å². The Labute approximate surface area is 173 Å². The highest BCUT2D eigenvalue weighted by molar-refractivity contribution is 7.09. The second-order valence-corrected chi connectivity index (χ2v) is 6.91. The molecule has 0 aliphatic carbocycles. The van der Waals surface area contributed by atoms with Gasteiger partial charge in [-0.3, -0.25) is 0 Å². The van der Waals surface area contributed by atoms with Crippen LogP contribution >= 0.6 is 57.9 Å². The van der Waals surface area contributed by atoms with Crippen molar-refractivity contribution in [1.29, 1.82) is 0 Å². The van der Waals surface area contributed by atoms with Crippen LogP contribution in [0.4, 0.5) is 0 Å². The van der Waals surface area contributed by atoms with Crippen LogP contribution in [0.5, 0.6) is 5.75 Å². The SMILES string of the molecule is CCOC(=O)c1cc(Cl)c(OCCOC(=O)c2snc(Cl)c2Cl)c(Cl)c1. The lowest BCUT2D eigenvalue weighted by atomic mass is 10.2. The summed E-state index contributed by atoms with van der Waals surface area (Å²) in [6, 6.07) is 2.76. The van der Waals surface area contributed by atoms with E-state index in [1.165, 1.54) is 12.1 Å². The number of aromatic nitrogens is 1. The van der Waals surface area contributed by atoms with Gasteiger partial charge in [-0.15, -0.1) is 0 Å². The van der Waals surface area contributed by atoms with Gasteiger partial charge in [-0.25, -0.2) is 9.59 Å². The van der Waals surface area contributed by atoms with Gasteiger partial charge in [-0.05, 0) is 30.6 Å². The highest BCUT2D eigenvalue weighted by Gasteiger charge is 2.19. The Kier molecular flexibility index (Phi) is 7.79. The molecule has 1 heterocycles. The normalized spacial score (nSPS) is 10.5. The van der Waals surface area contributed by atoms with Crippen molar-refractivity contribution < 1.29 is 23.8 Å². The molecule has 0 fully saturated rings. The van der Waals surface area contributed by atoms with E-state index >= 15 is 0 Å². The molecule has 1 aromatic heterocycles. The number of hydrogen-bond donors (Lipinski definition) is 0. The van der Waals surface area contributed by atoms with Gasteiger partial charge in [0.05, 0.1) is 22.2 Å². The molecule has 0 saturated heterocycles. The molecular weight excluding hydrogens is 448 g/mol. The Morgan fingerprint density at radius 1 is 1.04 bits per heavy atom. The van der Waals surface area contributed by atoms with E-state index in [9.17, 15) is 9.59 Å². The minimum Gasteiger partial charge on any atom is -0.487 e. The van der Waals surface area contributed by atoms with E-state index < -0.39 is 11.9 Å². The summed E-state index contributed by atoms with van der Waals surface area (Å²) in [4.78, 5) is 23.7. The van der Waals surface area contributed by atoms with Crippen LogP contribution in [-0.4, -0.2) is 36.1 Å². The van der Waals surface area contributed by atoms with Crippen molar-refractivity contribution in [2.24, 2.45) is 0 Å². The van der Waals surface area contributed by atoms with Gasteiger partial charge < -0.3 is 14.2 Å². The van der Waals surface area contributed by atoms with Crippen molar-refractivity contribution in [3.8, 4) is 5.75 Å². The summed E-state index contributed by atoms with van der Waals surface area (Å²) in [6.45, 7) is 1.81. The molecular formula is C15H11Cl4NO5S. The maximum Gasteiger partial charge on any atom is 0.351 e. The first-order valence-corrected chi connectivity index (χ1v) is 9.40. The van der Waals surface area contributed by atoms with Crippen molar-refractivity contribution >= 4 is 69.9 Å². The molecule has 0 amide bonds. The molecule has 2 rings (SSSR count). The molecule has 0 saturated carbocycles. The fourth-order valence-electron chi connectivity index (χ4n) is 1.76. The highest BCUT2D eigenvalue weighted by atomic mass is 35.5. The molecule has 0 unspecified atom stereocenters. The fraction of sp³-hybridized carbons (Fsp3) is 0.267. The van der Waals surface area contributed by atoms with Crippen LogP contribution < -0.4 is 4.74 Å². The minimum absolute atomic E-state index is 0.0198. The van der Waals surface area contributed by atoms with E-state index in [0.29, 0.717) is 0 Å². The third kappa shape index (κ3) is 5.14. The van der Waals surface area contributed by atoms with Crippen LogP contribution in [0.1, 0.15) is 27.0 Å². The Morgan fingerprint density at radius 2 is 1.69 bits per heavy atom. The van der Waals surface area contributed by atoms with Crippen LogP contribution in [0.15, 0.2) is 12.1 Å². The molecule has 0 N–H and O–H groups in total. The number of hydrogen-bond acceptors (Lipinski definition) is 7. The molecule has 0 aliphatic heterocycles. The third-order valence-corrected chi connectivity index (χ3v) is 5.19. The number of carbonyl (C=O) groups excluding carboxylic acids is 2. The zero-order valence-corrected chi connectivity index (χ0v) is 17.0. The molecule has 140 valence electrons. The molecule has 1 aromatic carbocycles. The molecule has 0 bridgehead atoms. The maximum atomic E-state index is 11.9. The predicted octanol–water partition coefficient (Wildman–Crippen LogP) is 5.17. The van der Waals surface area contributed by atoms with Crippen molar-refractivity contribution in [1.82, 2.24) is 4.37 Å². The molecule has 0 atom stereocenters. The lowest BCUT2D eigenvalue weighted by Gasteiger charge is -2.11. The Bertz CT molecular complexity index is 803. The largest absolute Gasteiger partial charge is 0.487 e. The van der Waals surface area contributed by atoms with E-state index in [1.807, 2.05) is 0 Å². The van der Waals surface area contributed by atoms with Crippen LogP contribution in [0, 0.1) is 0 Å². The van der Waals surface area contributed by atoms with Gasteiger partial charge >= 0.3 is 11.9 Å². The molecule has 6 nitrogen and oxygen atoms in total. The molecule has 26 heavy (non-hydrogen) atoms. The second kappa shape index (κ2) is 9.62. The quantitative estimate of drug-likeness (QED) is 0.420. The summed E-state index contributed by atoms with van der Waals surface area (Å²) in [6.07, 6.45) is 0. The smallest absolute Gasteiger partial charge is 0.351 e. The van der Waals surface area contributed by atoms with Gasteiger partial charge in [-0.1, -0.05) is 46.4 Å². The Morgan fingerprint density at radius 3 is 2.23 bits per heavy atom. The van der Waals surface area contributed by atoms with Crippen molar-refractivity contribution in [2.75, 3.05) is 19.8 Å². The summed E-state index contributed by atoms with van der Waals surface area (Å²) in [5.41, 5.74) is 0.206. The Hall–Kier alpha value is -1.25. The molecule has 11 heteroatoms. The molecule has 0 radical (unpaired) electrons. The van der Waals surface area contributed by atoms with Crippen LogP contribution in [0.3, 0.4) is 0 Å². The molecule has 0 spiro atoms. The number of esters is 2. The van der Waals surface area contributed by atoms with Gasteiger partial charge in [0.15, 0.2) is 15.8 Å². The lowest BCUT2D eigenvalue weighted by Crippen LogP contribution is -2.12. The molecule has 2 aromatic rings. The summed E-state index contributed by atoms with van der Waals surface area (Å²) < 4.78 is 19.1. The summed E-state index contributed by atoms with van der Waals surface area (Å²) in [7, 11) is 0. The van der Waals surface area contributed by atoms with Gasteiger partial charge in [-0.2, -0.15) is 4.37 Å². The van der Waals surface area contributed by atoms with E-state index in [1.54, 1.807) is 6.92 Å². The Balaban J connectivity index is 1.92. The number of ether oxygens (including phenoxy) is 3. The highest BCUT2D eigenvalue weighted by Crippen LogP contribution is 2.34. The van der Waals surface area contributed by atoms with E-state index in [-0.39, 0.29) is 56.2 Å². The second-order valence-electron chi connectivity index (χ2n) is 4.59. The first-order chi connectivity index (χ1) is 12.3. The van der Waals surface area contributed by atoms with Crippen molar-refractivity contribution in [3.63, 3.8) is 0 Å². The zero-order valence-electron chi connectivity index (χ0n) is 13.2. The van der Waals surface area contributed by atoms with Gasteiger partial charge in [0.25, 0.3) is 0 Å². The van der Waals surface area contributed by atoms with Crippen LogP contribution in [0.2, 0.25) is 20.2 Å². The maximum absolute atomic E-state index is 11.9. The number of halogens is 4.